The van der Waals surface area contributed by atoms with Gasteiger partial charge < -0.3 is 0 Å². The summed E-state index contributed by atoms with van der Waals surface area (Å²) in [6.45, 7) is 0. The van der Waals surface area contributed by atoms with E-state index in [1.807, 2.05) is 0 Å². The van der Waals surface area contributed by atoms with E-state index in [1.165, 1.54) is 0 Å². The van der Waals surface area contributed by atoms with Crippen molar-refractivity contribution in [3.63, 3.8) is 0 Å². The van der Waals surface area contributed by atoms with Gasteiger partial charge in [0.05, 0.1) is 0 Å². The SMILES string of the molecule is [OH][Sb]([OH])[c]1cccc[c]1[Sb]([OH])[OH]. The van der Waals surface area contributed by atoms with Crippen LogP contribution in [0.2, 0.25) is 0 Å². The van der Waals surface area contributed by atoms with Crippen molar-refractivity contribution in [2.75, 3.05) is 0 Å². The van der Waals surface area contributed by atoms with Gasteiger partial charge in [-0.3, -0.25) is 0 Å². The predicted octanol–water partition coefficient (Wildman–Crippen LogP) is -2.95. The van der Waals surface area contributed by atoms with Crippen LogP contribution < -0.4 is 7.02 Å². The normalized spacial score (nSPS) is 11.2. The molecule has 1 aromatic carbocycles. The van der Waals surface area contributed by atoms with Crippen LogP contribution in [0.1, 0.15) is 0 Å². The van der Waals surface area contributed by atoms with Crippen LogP contribution in [0.3, 0.4) is 0 Å². The van der Waals surface area contributed by atoms with Gasteiger partial charge in [0.25, 0.3) is 0 Å². The van der Waals surface area contributed by atoms with E-state index >= 15 is 0 Å². The van der Waals surface area contributed by atoms with Gasteiger partial charge in [0.15, 0.2) is 0 Å². The third-order valence-electron chi connectivity index (χ3n) is 1.31. The Kier molecular flexibility index (Phi) is 4.31. The summed E-state index contributed by atoms with van der Waals surface area (Å²) in [7, 11) is 0. The first-order valence-corrected chi connectivity index (χ1v) is 10.2. The summed E-state index contributed by atoms with van der Waals surface area (Å²) >= 11 is -6.61. The molecule has 0 aliphatic heterocycles. The van der Waals surface area contributed by atoms with Crippen molar-refractivity contribution in [3.05, 3.63) is 24.3 Å². The van der Waals surface area contributed by atoms with Crippen LogP contribution >= 0.6 is 0 Å². The van der Waals surface area contributed by atoms with E-state index in [9.17, 15) is 0 Å². The van der Waals surface area contributed by atoms with E-state index in [-0.39, 0.29) is 0 Å². The molecule has 0 bridgehead atoms. The molecule has 0 heterocycles. The monoisotopic (exact) mass is 386 g/mol. The van der Waals surface area contributed by atoms with Gasteiger partial charge >= 0.3 is 86.9 Å². The molecule has 0 saturated heterocycles. The molecule has 6 heteroatoms. The standard InChI is InChI=1S/C6H4.4H2O.2Sb/c1-2-4-6-5-3-1;;;;;;/h1-4H;4*1H2;;/q;;;;;2*+2/p-4. The minimum absolute atomic E-state index is 0.369. The Hall–Kier alpha value is 0.696. The van der Waals surface area contributed by atoms with Gasteiger partial charge in [-0.05, 0) is 0 Å². The Morgan fingerprint density at radius 2 is 1.08 bits per heavy atom. The zero-order valence-corrected chi connectivity index (χ0v) is 11.1. The third kappa shape index (κ3) is 2.59. The number of hydrogen-bond donors (Lipinski definition) is 4. The van der Waals surface area contributed by atoms with Crippen LogP contribution in [0, 0.1) is 0 Å². The van der Waals surface area contributed by atoms with Crippen LogP contribution in [0.25, 0.3) is 0 Å². The summed E-state index contributed by atoms with van der Waals surface area (Å²) in [6.07, 6.45) is 0. The van der Waals surface area contributed by atoms with Gasteiger partial charge in [0.2, 0.25) is 0 Å². The van der Waals surface area contributed by atoms with E-state index in [4.69, 9.17) is 13.5 Å². The van der Waals surface area contributed by atoms with Crippen molar-refractivity contribution in [3.8, 4) is 0 Å². The molecule has 0 aromatic heterocycles. The van der Waals surface area contributed by atoms with E-state index in [2.05, 4.69) is 0 Å². The molecule has 4 nitrogen and oxygen atoms in total. The van der Waals surface area contributed by atoms with Crippen molar-refractivity contribution < 1.29 is 13.5 Å². The van der Waals surface area contributed by atoms with E-state index in [0.29, 0.717) is 7.02 Å². The quantitative estimate of drug-likeness (QED) is 0.409. The molecule has 0 radical (unpaired) electrons. The first-order chi connectivity index (χ1) is 5.63. The second kappa shape index (κ2) is 4.80. The van der Waals surface area contributed by atoms with Gasteiger partial charge in [-0.15, -0.1) is 0 Å². The first-order valence-electron chi connectivity index (χ1n) is 3.07. The average Bonchev–Trinajstić information content (AvgIpc) is 2.04. The zero-order chi connectivity index (χ0) is 9.14. The molecular weight excluding hydrogens is 380 g/mol. The third-order valence-corrected chi connectivity index (χ3v) is 7.56. The van der Waals surface area contributed by atoms with E-state index < -0.39 is 42.1 Å². The maximum atomic E-state index is 9.00. The Balaban J connectivity index is 3.09. The van der Waals surface area contributed by atoms with Crippen LogP contribution in [0.15, 0.2) is 24.3 Å². The summed E-state index contributed by atoms with van der Waals surface area (Å²) in [6, 6.07) is 6.41. The second-order valence-corrected chi connectivity index (χ2v) is 8.12. The first kappa shape index (κ1) is 10.8. The maximum absolute atomic E-state index is 9.00. The summed E-state index contributed by atoms with van der Waals surface area (Å²) in [5.74, 6) is 0. The summed E-state index contributed by atoms with van der Waals surface area (Å²) in [5, 5.41) is 0. The topological polar surface area (TPSA) is 80.9 Å². The summed E-state index contributed by atoms with van der Waals surface area (Å²) in [5.41, 5.74) is 0. The van der Waals surface area contributed by atoms with Crippen molar-refractivity contribution in [1.82, 2.24) is 0 Å². The van der Waals surface area contributed by atoms with Crippen molar-refractivity contribution in [2.45, 2.75) is 0 Å². The van der Waals surface area contributed by atoms with E-state index in [1.54, 1.807) is 24.3 Å². The predicted molar refractivity (Wildman–Crippen MR) is 46.1 cm³/mol. The molecule has 66 valence electrons. The molecule has 0 atom stereocenters. The fourth-order valence-electron chi connectivity index (χ4n) is 0.802. The van der Waals surface area contributed by atoms with Crippen LogP contribution in [-0.4, -0.2) is 55.6 Å². The molecule has 1 rings (SSSR count). The number of benzene rings is 1. The molecule has 4 N–H and O–H groups in total. The molecule has 0 spiro atoms. The second-order valence-electron chi connectivity index (χ2n) is 2.07. The molecular formula is C6H8O4Sb2. The van der Waals surface area contributed by atoms with Gasteiger partial charge in [-0.2, -0.15) is 0 Å². The van der Waals surface area contributed by atoms with Gasteiger partial charge in [-0.1, -0.05) is 0 Å². The van der Waals surface area contributed by atoms with E-state index in [0.717, 1.165) is 0 Å². The summed E-state index contributed by atoms with van der Waals surface area (Å²) < 4.78 is 36.7. The van der Waals surface area contributed by atoms with Gasteiger partial charge in [-0.25, -0.2) is 0 Å². The fraction of sp³-hybridized carbons (Fsp3) is 0. The molecule has 12 heavy (non-hydrogen) atoms. The Morgan fingerprint density at radius 1 is 0.750 bits per heavy atom. The Morgan fingerprint density at radius 3 is 1.33 bits per heavy atom. The van der Waals surface area contributed by atoms with Crippen molar-refractivity contribution in [1.29, 1.82) is 0 Å². The molecule has 0 amide bonds. The molecule has 0 unspecified atom stereocenters. The van der Waals surface area contributed by atoms with Gasteiger partial charge in [0, 0.05) is 0 Å². The molecule has 0 saturated carbocycles. The number of rotatable bonds is 2. The van der Waals surface area contributed by atoms with Gasteiger partial charge in [0.1, 0.15) is 0 Å². The van der Waals surface area contributed by atoms with Crippen molar-refractivity contribution in [2.24, 2.45) is 0 Å². The van der Waals surface area contributed by atoms with Crippen molar-refractivity contribution >= 4 is 49.1 Å². The van der Waals surface area contributed by atoms with Crippen LogP contribution in [0.5, 0.6) is 0 Å². The number of hydrogen-bond acceptors (Lipinski definition) is 4. The molecule has 0 aliphatic rings. The molecule has 0 aliphatic carbocycles. The zero-order valence-electron chi connectivity index (χ0n) is 5.99. The molecule has 0 fully saturated rings. The minimum atomic E-state index is -3.30. The van der Waals surface area contributed by atoms with Crippen LogP contribution in [-0.2, 0) is 0 Å². The Labute approximate surface area is 86.3 Å². The average molecular weight is 388 g/mol. The fourth-order valence-corrected chi connectivity index (χ4v) is 7.07. The van der Waals surface area contributed by atoms with Crippen LogP contribution in [0.4, 0.5) is 0 Å². The molecule has 1 aromatic rings. The summed E-state index contributed by atoms with van der Waals surface area (Å²) in [4.78, 5) is 0. The Bertz CT molecular complexity index is 236.